The molecule has 1 saturated heterocycles. The number of nitrogens with zero attached hydrogens (tertiary/aromatic N) is 1. The molecular weight excluding hydrogens is 324 g/mol. The van der Waals surface area contributed by atoms with Crippen LogP contribution in [0.25, 0.3) is 10.9 Å². The summed E-state index contributed by atoms with van der Waals surface area (Å²) in [7, 11) is 0. The first-order valence-electron chi connectivity index (χ1n) is 8.85. The highest BCUT2D eigenvalue weighted by Gasteiger charge is 2.22. The third-order valence-corrected chi connectivity index (χ3v) is 5.40. The molecule has 2 aromatic rings. The Balaban J connectivity index is 1.48. The first-order valence-corrected chi connectivity index (χ1v) is 9.22. The van der Waals surface area contributed by atoms with E-state index in [1.807, 2.05) is 12.1 Å². The number of aromatic amines is 1. The molecule has 24 heavy (non-hydrogen) atoms. The van der Waals surface area contributed by atoms with E-state index in [0.29, 0.717) is 12.3 Å². The van der Waals surface area contributed by atoms with Gasteiger partial charge in [-0.15, -0.1) is 0 Å². The van der Waals surface area contributed by atoms with Crippen LogP contribution in [-0.2, 0) is 4.79 Å². The van der Waals surface area contributed by atoms with E-state index < -0.39 is 5.97 Å². The second-order valence-electron chi connectivity index (χ2n) is 6.73. The highest BCUT2D eigenvalue weighted by molar-refractivity contribution is 6.35. The van der Waals surface area contributed by atoms with E-state index in [-0.39, 0.29) is 0 Å². The number of hydrogen-bond acceptors (Lipinski definition) is 2. The lowest BCUT2D eigenvalue weighted by Gasteiger charge is -2.32. The average molecular weight is 349 g/mol. The van der Waals surface area contributed by atoms with E-state index in [0.717, 1.165) is 49.4 Å². The number of aliphatic carboxylic acids is 1. The molecule has 4 nitrogen and oxygen atoms in total. The van der Waals surface area contributed by atoms with Crippen molar-refractivity contribution in [2.45, 2.75) is 44.4 Å². The van der Waals surface area contributed by atoms with Gasteiger partial charge in [-0.25, -0.2) is 0 Å². The Morgan fingerprint density at radius 1 is 1.25 bits per heavy atom. The van der Waals surface area contributed by atoms with Gasteiger partial charge < -0.3 is 15.0 Å². The molecule has 0 amide bonds. The topological polar surface area (TPSA) is 56.3 Å². The van der Waals surface area contributed by atoms with Crippen molar-refractivity contribution in [3.05, 3.63) is 35.0 Å². The molecule has 2 N–H and O–H groups in total. The Morgan fingerprint density at radius 2 is 2.04 bits per heavy atom. The van der Waals surface area contributed by atoms with Gasteiger partial charge in [-0.2, -0.15) is 0 Å². The van der Waals surface area contributed by atoms with Crippen LogP contribution in [0.1, 0.15) is 50.0 Å². The lowest BCUT2D eigenvalue weighted by molar-refractivity contribution is -0.137. The van der Waals surface area contributed by atoms with Crippen molar-refractivity contribution in [1.82, 2.24) is 9.88 Å². The molecular formula is C19H25ClN2O2. The second kappa shape index (κ2) is 8.04. The van der Waals surface area contributed by atoms with E-state index in [1.54, 1.807) is 0 Å². The monoisotopic (exact) mass is 348 g/mol. The van der Waals surface area contributed by atoms with Crippen LogP contribution in [0.3, 0.4) is 0 Å². The van der Waals surface area contributed by atoms with Gasteiger partial charge >= 0.3 is 5.97 Å². The quantitative estimate of drug-likeness (QED) is 0.716. The largest absolute Gasteiger partial charge is 0.481 e. The fraction of sp³-hybridized carbons (Fsp3) is 0.526. The molecule has 1 fully saturated rings. The third-order valence-electron chi connectivity index (χ3n) is 5.09. The van der Waals surface area contributed by atoms with Gasteiger partial charge in [-0.3, -0.25) is 4.79 Å². The third kappa shape index (κ3) is 4.11. The number of nitrogens with one attached hydrogen (secondary N) is 1. The minimum Gasteiger partial charge on any atom is -0.481 e. The molecule has 2 heterocycles. The summed E-state index contributed by atoms with van der Waals surface area (Å²) in [6, 6.07) is 6.10. The number of aromatic nitrogens is 1. The van der Waals surface area contributed by atoms with E-state index in [1.165, 1.54) is 23.8 Å². The standard InChI is InChI=1S/C19H25ClN2O2/c20-17-6-4-5-15-16(13-21-19(15)17)14-8-11-22(12-9-14)10-3-1-2-7-18(23)24/h4-6,13-14,21H,1-3,7-12H2,(H,23,24). The first kappa shape index (κ1) is 17.3. The van der Waals surface area contributed by atoms with Crippen molar-refractivity contribution in [1.29, 1.82) is 0 Å². The lowest BCUT2D eigenvalue weighted by Crippen LogP contribution is -2.33. The number of carbonyl (C=O) groups is 1. The van der Waals surface area contributed by atoms with Crippen LogP contribution in [-0.4, -0.2) is 40.6 Å². The predicted molar refractivity (Wildman–Crippen MR) is 97.8 cm³/mol. The maximum absolute atomic E-state index is 10.5. The van der Waals surface area contributed by atoms with Crippen LogP contribution in [0.2, 0.25) is 5.02 Å². The summed E-state index contributed by atoms with van der Waals surface area (Å²) in [5.41, 5.74) is 2.45. The Hall–Kier alpha value is -1.52. The van der Waals surface area contributed by atoms with Crippen molar-refractivity contribution in [2.24, 2.45) is 0 Å². The number of unbranched alkanes of at least 4 members (excludes halogenated alkanes) is 2. The highest BCUT2D eigenvalue weighted by atomic mass is 35.5. The molecule has 130 valence electrons. The van der Waals surface area contributed by atoms with Crippen LogP contribution < -0.4 is 0 Å². The van der Waals surface area contributed by atoms with Crippen molar-refractivity contribution in [3.63, 3.8) is 0 Å². The summed E-state index contributed by atoms with van der Waals surface area (Å²) in [5.74, 6) is -0.0878. The number of halogens is 1. The SMILES string of the molecule is O=C(O)CCCCCN1CCC(c2c[nH]c3c(Cl)cccc23)CC1. The van der Waals surface area contributed by atoms with Crippen LogP contribution in [0.15, 0.2) is 24.4 Å². The number of H-pyrrole nitrogens is 1. The number of rotatable bonds is 7. The van der Waals surface area contributed by atoms with Gasteiger partial charge in [-0.05, 0) is 62.9 Å². The van der Waals surface area contributed by atoms with Gasteiger partial charge in [0.1, 0.15) is 0 Å². The van der Waals surface area contributed by atoms with Crippen molar-refractivity contribution >= 4 is 28.5 Å². The first-order chi connectivity index (χ1) is 11.6. The molecule has 1 aliphatic rings. The summed E-state index contributed by atoms with van der Waals surface area (Å²) in [4.78, 5) is 16.3. The van der Waals surface area contributed by atoms with Gasteiger partial charge in [0.2, 0.25) is 0 Å². The summed E-state index contributed by atoms with van der Waals surface area (Å²) >= 11 is 6.26. The summed E-state index contributed by atoms with van der Waals surface area (Å²) in [6.45, 7) is 3.33. The van der Waals surface area contributed by atoms with Gasteiger partial charge in [0.05, 0.1) is 10.5 Å². The maximum Gasteiger partial charge on any atom is 0.303 e. The minimum atomic E-state index is -0.686. The highest BCUT2D eigenvalue weighted by Crippen LogP contribution is 2.35. The molecule has 1 aromatic heterocycles. The molecule has 0 atom stereocenters. The normalized spacial score (nSPS) is 16.7. The van der Waals surface area contributed by atoms with Crippen LogP contribution in [0.4, 0.5) is 0 Å². The fourth-order valence-electron chi connectivity index (χ4n) is 3.73. The number of carboxylic acid groups (broad SMARTS) is 1. The predicted octanol–water partition coefficient (Wildman–Crippen LogP) is 4.65. The Kier molecular flexibility index (Phi) is 5.80. The van der Waals surface area contributed by atoms with Crippen LogP contribution in [0, 0.1) is 0 Å². The number of carboxylic acids is 1. The fourth-order valence-corrected chi connectivity index (χ4v) is 3.96. The Labute approximate surface area is 147 Å². The van der Waals surface area contributed by atoms with Crippen LogP contribution in [0.5, 0.6) is 0 Å². The second-order valence-corrected chi connectivity index (χ2v) is 7.13. The van der Waals surface area contributed by atoms with Gasteiger partial charge in [0.25, 0.3) is 0 Å². The molecule has 1 aliphatic heterocycles. The number of piperidine rings is 1. The maximum atomic E-state index is 10.5. The minimum absolute atomic E-state index is 0.297. The summed E-state index contributed by atoms with van der Waals surface area (Å²) < 4.78 is 0. The summed E-state index contributed by atoms with van der Waals surface area (Å²) in [6.07, 6.45) is 7.67. The van der Waals surface area contributed by atoms with Crippen LogP contribution >= 0.6 is 11.6 Å². The number of benzene rings is 1. The van der Waals surface area contributed by atoms with E-state index in [2.05, 4.69) is 22.1 Å². The molecule has 0 unspecified atom stereocenters. The van der Waals surface area contributed by atoms with E-state index >= 15 is 0 Å². The smallest absolute Gasteiger partial charge is 0.303 e. The Bertz CT molecular complexity index is 690. The van der Waals surface area contributed by atoms with Crippen molar-refractivity contribution in [3.8, 4) is 0 Å². The molecule has 0 saturated carbocycles. The molecule has 0 bridgehead atoms. The average Bonchev–Trinajstić information content (AvgIpc) is 3.00. The number of hydrogen-bond donors (Lipinski definition) is 2. The van der Waals surface area contributed by atoms with Crippen molar-refractivity contribution < 1.29 is 9.90 Å². The van der Waals surface area contributed by atoms with Gasteiger partial charge in [0, 0.05) is 18.0 Å². The number of para-hydroxylation sites is 1. The number of likely N-dealkylation sites (tertiary alicyclic amines) is 1. The summed E-state index contributed by atoms with van der Waals surface area (Å²) in [5, 5.41) is 10.7. The molecule has 3 rings (SSSR count). The zero-order valence-corrected chi connectivity index (χ0v) is 14.7. The molecule has 5 heteroatoms. The molecule has 0 radical (unpaired) electrons. The zero-order valence-electron chi connectivity index (χ0n) is 13.9. The molecule has 0 spiro atoms. The van der Waals surface area contributed by atoms with Gasteiger partial charge in [-0.1, -0.05) is 30.2 Å². The number of fused-ring (bicyclic) bond motifs is 1. The van der Waals surface area contributed by atoms with Crippen molar-refractivity contribution in [2.75, 3.05) is 19.6 Å². The van der Waals surface area contributed by atoms with E-state index in [9.17, 15) is 4.79 Å². The van der Waals surface area contributed by atoms with Gasteiger partial charge in [0.15, 0.2) is 0 Å². The molecule has 1 aromatic carbocycles. The lowest BCUT2D eigenvalue weighted by atomic mass is 9.89. The zero-order chi connectivity index (χ0) is 16.9. The Morgan fingerprint density at radius 3 is 2.79 bits per heavy atom. The van der Waals surface area contributed by atoms with E-state index in [4.69, 9.17) is 16.7 Å². The molecule has 0 aliphatic carbocycles.